The Hall–Kier alpha value is -1.52. The van der Waals surface area contributed by atoms with Gasteiger partial charge in [0.1, 0.15) is 5.75 Å². The summed E-state index contributed by atoms with van der Waals surface area (Å²) in [6, 6.07) is 8.30. The van der Waals surface area contributed by atoms with Crippen LogP contribution in [0, 0.1) is 0 Å². The zero-order chi connectivity index (χ0) is 14.1. The Bertz CT molecular complexity index is 597. The van der Waals surface area contributed by atoms with Crippen molar-refractivity contribution < 1.29 is 5.11 Å². The third kappa shape index (κ3) is 2.53. The molecule has 4 nitrogen and oxygen atoms in total. The van der Waals surface area contributed by atoms with E-state index in [1.165, 1.54) is 11.2 Å². The van der Waals surface area contributed by atoms with Crippen LogP contribution in [0.15, 0.2) is 24.3 Å². The molecule has 4 heteroatoms. The van der Waals surface area contributed by atoms with Gasteiger partial charge < -0.3 is 15.0 Å². The van der Waals surface area contributed by atoms with Crippen molar-refractivity contribution in [1.29, 1.82) is 0 Å². The first-order chi connectivity index (χ1) is 9.65. The lowest BCUT2D eigenvalue weighted by Gasteiger charge is -2.28. The molecule has 0 aliphatic carbocycles. The highest BCUT2D eigenvalue weighted by atomic mass is 16.3. The first kappa shape index (κ1) is 13.5. The maximum absolute atomic E-state index is 9.66. The van der Waals surface area contributed by atoms with Crippen LogP contribution in [0.4, 0.5) is 0 Å². The maximum atomic E-state index is 9.66. The number of phenols is 1. The summed E-state index contributed by atoms with van der Waals surface area (Å²) < 4.78 is 2.39. The fourth-order valence-corrected chi connectivity index (χ4v) is 3.11. The van der Waals surface area contributed by atoms with E-state index < -0.39 is 0 Å². The zero-order valence-electron chi connectivity index (χ0n) is 12.3. The number of fused-ring (bicyclic) bond motifs is 1. The van der Waals surface area contributed by atoms with Gasteiger partial charge in [-0.15, -0.1) is 0 Å². The van der Waals surface area contributed by atoms with E-state index in [2.05, 4.69) is 34.7 Å². The molecule has 1 aromatic carbocycles. The minimum Gasteiger partial charge on any atom is -0.508 e. The first-order valence-corrected chi connectivity index (χ1v) is 7.41. The van der Waals surface area contributed by atoms with Crippen molar-refractivity contribution in [2.75, 3.05) is 26.2 Å². The largest absolute Gasteiger partial charge is 0.508 e. The fourth-order valence-electron chi connectivity index (χ4n) is 3.11. The summed E-state index contributed by atoms with van der Waals surface area (Å²) in [5.74, 6) is 0.340. The Morgan fingerprint density at radius 2 is 1.95 bits per heavy atom. The molecule has 0 amide bonds. The van der Waals surface area contributed by atoms with Gasteiger partial charge in [0.05, 0.1) is 0 Å². The molecule has 1 saturated heterocycles. The van der Waals surface area contributed by atoms with Crippen molar-refractivity contribution in [3.05, 3.63) is 30.0 Å². The third-order valence-corrected chi connectivity index (χ3v) is 4.01. The summed E-state index contributed by atoms with van der Waals surface area (Å²) >= 11 is 0. The van der Waals surface area contributed by atoms with E-state index in [1.807, 2.05) is 12.1 Å². The van der Waals surface area contributed by atoms with Crippen molar-refractivity contribution in [2.24, 2.45) is 0 Å². The Labute approximate surface area is 120 Å². The first-order valence-electron chi connectivity index (χ1n) is 7.41. The van der Waals surface area contributed by atoms with Gasteiger partial charge in [-0.2, -0.15) is 0 Å². The van der Waals surface area contributed by atoms with E-state index in [0.717, 1.165) is 38.1 Å². The molecule has 0 atom stereocenters. The van der Waals surface area contributed by atoms with Crippen LogP contribution in [0.25, 0.3) is 10.9 Å². The predicted octanol–water partition coefficient (Wildman–Crippen LogP) is 2.33. The van der Waals surface area contributed by atoms with Gasteiger partial charge in [0.15, 0.2) is 0 Å². The van der Waals surface area contributed by atoms with E-state index in [0.29, 0.717) is 11.8 Å². The normalized spacial score (nSPS) is 17.1. The van der Waals surface area contributed by atoms with Crippen molar-refractivity contribution in [1.82, 2.24) is 14.8 Å². The Morgan fingerprint density at radius 3 is 2.65 bits per heavy atom. The van der Waals surface area contributed by atoms with Gasteiger partial charge in [-0.25, -0.2) is 0 Å². The number of piperazine rings is 1. The summed E-state index contributed by atoms with van der Waals surface area (Å²) in [5, 5.41) is 14.2. The van der Waals surface area contributed by atoms with Crippen molar-refractivity contribution >= 4 is 10.9 Å². The third-order valence-electron chi connectivity index (χ3n) is 4.01. The molecule has 0 bridgehead atoms. The fraction of sp³-hybridized carbons (Fsp3) is 0.500. The van der Waals surface area contributed by atoms with Crippen LogP contribution in [0.2, 0.25) is 0 Å². The summed E-state index contributed by atoms with van der Waals surface area (Å²) in [7, 11) is 0. The van der Waals surface area contributed by atoms with Gasteiger partial charge in [-0.05, 0) is 38.1 Å². The number of rotatable bonds is 3. The van der Waals surface area contributed by atoms with Crippen LogP contribution in [0.3, 0.4) is 0 Å². The van der Waals surface area contributed by atoms with Gasteiger partial charge in [-0.1, -0.05) is 0 Å². The molecule has 2 heterocycles. The van der Waals surface area contributed by atoms with Crippen LogP contribution >= 0.6 is 0 Å². The number of hydrogen-bond donors (Lipinski definition) is 2. The second-order valence-electron chi connectivity index (χ2n) is 5.87. The highest BCUT2D eigenvalue weighted by molar-refractivity contribution is 5.83. The van der Waals surface area contributed by atoms with Gasteiger partial charge in [-0.3, -0.25) is 4.90 Å². The van der Waals surface area contributed by atoms with Gasteiger partial charge in [0.2, 0.25) is 0 Å². The molecule has 1 aromatic heterocycles. The van der Waals surface area contributed by atoms with Crippen LogP contribution in [0.5, 0.6) is 5.75 Å². The highest BCUT2D eigenvalue weighted by Crippen LogP contribution is 2.28. The Balaban J connectivity index is 1.97. The SMILES string of the molecule is CC(C)n1c(CN2CCNCC2)cc2cc(O)ccc21. The molecule has 2 aromatic rings. The summed E-state index contributed by atoms with van der Waals surface area (Å²) in [6.07, 6.45) is 0. The molecule has 20 heavy (non-hydrogen) atoms. The van der Waals surface area contributed by atoms with E-state index >= 15 is 0 Å². The maximum Gasteiger partial charge on any atom is 0.116 e. The van der Waals surface area contributed by atoms with Crippen LogP contribution in [-0.4, -0.2) is 40.8 Å². The minimum atomic E-state index is 0.340. The molecule has 0 saturated carbocycles. The van der Waals surface area contributed by atoms with Crippen molar-refractivity contribution in [3.8, 4) is 5.75 Å². The molecular weight excluding hydrogens is 250 g/mol. The monoisotopic (exact) mass is 273 g/mol. The molecule has 108 valence electrons. The standard InChI is InChI=1S/C16H23N3O/c1-12(2)19-14(11-18-7-5-17-6-8-18)9-13-10-15(20)3-4-16(13)19/h3-4,9-10,12,17,20H,5-8,11H2,1-2H3. The average Bonchev–Trinajstić information content (AvgIpc) is 2.76. The van der Waals surface area contributed by atoms with Gasteiger partial charge >= 0.3 is 0 Å². The second kappa shape index (κ2) is 5.46. The molecule has 0 spiro atoms. The topological polar surface area (TPSA) is 40.4 Å². The quantitative estimate of drug-likeness (QED) is 0.902. The molecule has 1 aliphatic rings. The molecular formula is C16H23N3O. The molecule has 1 aliphatic heterocycles. The van der Waals surface area contributed by atoms with Crippen LogP contribution in [-0.2, 0) is 6.54 Å². The number of nitrogens with one attached hydrogen (secondary N) is 1. The molecule has 0 unspecified atom stereocenters. The minimum absolute atomic E-state index is 0.340. The second-order valence-corrected chi connectivity index (χ2v) is 5.87. The highest BCUT2D eigenvalue weighted by Gasteiger charge is 2.16. The molecule has 3 rings (SSSR count). The number of aromatic hydroxyl groups is 1. The zero-order valence-corrected chi connectivity index (χ0v) is 12.3. The lowest BCUT2D eigenvalue weighted by molar-refractivity contribution is 0.227. The van der Waals surface area contributed by atoms with Crippen LogP contribution in [0.1, 0.15) is 25.6 Å². The average molecular weight is 273 g/mol. The predicted molar refractivity (Wildman–Crippen MR) is 82.1 cm³/mol. The number of hydrogen-bond acceptors (Lipinski definition) is 3. The number of nitrogens with zero attached hydrogens (tertiary/aromatic N) is 2. The Morgan fingerprint density at radius 1 is 1.20 bits per heavy atom. The van der Waals surface area contributed by atoms with Crippen molar-refractivity contribution in [2.45, 2.75) is 26.4 Å². The number of aromatic nitrogens is 1. The number of phenolic OH excluding ortho intramolecular Hbond substituents is 1. The summed E-state index contributed by atoms with van der Waals surface area (Å²) in [4.78, 5) is 2.49. The molecule has 2 N–H and O–H groups in total. The summed E-state index contributed by atoms with van der Waals surface area (Å²) in [5.41, 5.74) is 2.55. The van der Waals surface area contributed by atoms with E-state index in [-0.39, 0.29) is 0 Å². The van der Waals surface area contributed by atoms with Gasteiger partial charge in [0.25, 0.3) is 0 Å². The summed E-state index contributed by atoms with van der Waals surface area (Å²) in [6.45, 7) is 9.76. The number of benzene rings is 1. The molecule has 1 fully saturated rings. The lowest BCUT2D eigenvalue weighted by atomic mass is 10.2. The Kier molecular flexibility index (Phi) is 3.68. The van der Waals surface area contributed by atoms with Crippen LogP contribution < -0.4 is 5.32 Å². The van der Waals surface area contributed by atoms with E-state index in [1.54, 1.807) is 6.07 Å². The smallest absolute Gasteiger partial charge is 0.116 e. The van der Waals surface area contributed by atoms with Gasteiger partial charge in [0, 0.05) is 55.4 Å². The van der Waals surface area contributed by atoms with Crippen molar-refractivity contribution in [3.63, 3.8) is 0 Å². The molecule has 0 radical (unpaired) electrons. The van der Waals surface area contributed by atoms with E-state index in [9.17, 15) is 5.11 Å². The lowest BCUT2D eigenvalue weighted by Crippen LogP contribution is -2.43. The van der Waals surface area contributed by atoms with E-state index in [4.69, 9.17) is 0 Å².